The lowest BCUT2D eigenvalue weighted by Gasteiger charge is -2.05. The second-order valence-electron chi connectivity index (χ2n) is 4.30. The van der Waals surface area contributed by atoms with Crippen LogP contribution in [0.5, 0.6) is 0 Å². The molecule has 0 aliphatic rings. The molecule has 0 aliphatic carbocycles. The number of aromatic nitrogens is 5. The molecule has 0 spiro atoms. The molecule has 3 aromatic rings. The molecule has 7 nitrogen and oxygen atoms in total. The van der Waals surface area contributed by atoms with E-state index in [1.165, 1.54) is 6.92 Å². The second kappa shape index (κ2) is 5.49. The van der Waals surface area contributed by atoms with Crippen LogP contribution in [0.3, 0.4) is 0 Å². The fraction of sp³-hybridized carbons (Fsp3) is 0.0714. The number of anilines is 1. The minimum Gasteiger partial charge on any atom is -0.311 e. The van der Waals surface area contributed by atoms with Crippen LogP contribution in [0.2, 0.25) is 0 Å². The van der Waals surface area contributed by atoms with Gasteiger partial charge in [-0.3, -0.25) is 4.79 Å². The molecule has 104 valence electrons. The maximum Gasteiger partial charge on any atom is 0.222 e. The van der Waals surface area contributed by atoms with E-state index in [9.17, 15) is 4.79 Å². The zero-order valence-corrected chi connectivity index (χ0v) is 11.3. The van der Waals surface area contributed by atoms with Crippen LogP contribution in [-0.4, -0.2) is 30.6 Å². The summed E-state index contributed by atoms with van der Waals surface area (Å²) in [6, 6.07) is 7.10. The standard InChI is InChI=1S/C14H12N6O/c1-10(21)18-12-4-7-16-14(19-12)11-3-6-15-13(9-11)20-8-2-5-17-20/h2-9H,1H3,(H,16,18,19,21). The van der Waals surface area contributed by atoms with Gasteiger partial charge in [-0.1, -0.05) is 0 Å². The summed E-state index contributed by atoms with van der Waals surface area (Å²) in [6.07, 6.45) is 6.76. The average Bonchev–Trinajstić information content (AvgIpc) is 3.01. The summed E-state index contributed by atoms with van der Waals surface area (Å²) in [4.78, 5) is 23.9. The van der Waals surface area contributed by atoms with Gasteiger partial charge in [-0.25, -0.2) is 19.6 Å². The number of rotatable bonds is 3. The van der Waals surface area contributed by atoms with Crippen molar-refractivity contribution in [2.45, 2.75) is 6.92 Å². The van der Waals surface area contributed by atoms with Crippen LogP contribution in [0, 0.1) is 0 Å². The summed E-state index contributed by atoms with van der Waals surface area (Å²) in [5.41, 5.74) is 0.794. The maximum absolute atomic E-state index is 11.1. The highest BCUT2D eigenvalue weighted by molar-refractivity contribution is 5.87. The molecule has 0 bridgehead atoms. The monoisotopic (exact) mass is 280 g/mol. The van der Waals surface area contributed by atoms with E-state index in [1.54, 1.807) is 41.6 Å². The minimum atomic E-state index is -0.174. The summed E-state index contributed by atoms with van der Waals surface area (Å²) in [5, 5.41) is 6.77. The van der Waals surface area contributed by atoms with E-state index in [0.29, 0.717) is 17.5 Å². The van der Waals surface area contributed by atoms with Gasteiger partial charge >= 0.3 is 0 Å². The highest BCUT2D eigenvalue weighted by Crippen LogP contribution is 2.17. The molecule has 3 rings (SSSR count). The van der Waals surface area contributed by atoms with Crippen LogP contribution < -0.4 is 5.32 Å². The predicted octanol–water partition coefficient (Wildman–Crippen LogP) is 1.68. The fourth-order valence-corrected chi connectivity index (χ4v) is 1.83. The first-order valence-corrected chi connectivity index (χ1v) is 6.29. The van der Waals surface area contributed by atoms with E-state index < -0.39 is 0 Å². The van der Waals surface area contributed by atoms with E-state index in [4.69, 9.17) is 0 Å². The van der Waals surface area contributed by atoms with Gasteiger partial charge in [0.2, 0.25) is 5.91 Å². The van der Waals surface area contributed by atoms with Gasteiger partial charge in [0.15, 0.2) is 11.6 Å². The molecule has 7 heteroatoms. The lowest BCUT2D eigenvalue weighted by atomic mass is 10.2. The van der Waals surface area contributed by atoms with Gasteiger partial charge in [-0.05, 0) is 24.3 Å². The van der Waals surface area contributed by atoms with Crippen LogP contribution in [0.4, 0.5) is 5.82 Å². The molecular weight excluding hydrogens is 268 g/mol. The highest BCUT2D eigenvalue weighted by atomic mass is 16.1. The Morgan fingerprint density at radius 2 is 2.05 bits per heavy atom. The zero-order chi connectivity index (χ0) is 14.7. The Hall–Kier alpha value is -3.09. The first-order chi connectivity index (χ1) is 10.2. The van der Waals surface area contributed by atoms with Crippen LogP contribution in [0.15, 0.2) is 49.1 Å². The Labute approximate surface area is 120 Å². The molecule has 0 radical (unpaired) electrons. The third-order valence-electron chi connectivity index (χ3n) is 2.70. The molecule has 0 unspecified atom stereocenters. The number of hydrogen-bond acceptors (Lipinski definition) is 5. The zero-order valence-electron chi connectivity index (χ0n) is 11.3. The third kappa shape index (κ3) is 2.92. The summed E-state index contributed by atoms with van der Waals surface area (Å²) >= 11 is 0. The Kier molecular flexibility index (Phi) is 3.38. The number of carbonyl (C=O) groups is 1. The molecule has 0 aliphatic heterocycles. The molecular formula is C14H12N6O. The van der Waals surface area contributed by atoms with E-state index in [0.717, 1.165) is 5.56 Å². The SMILES string of the molecule is CC(=O)Nc1ccnc(-c2ccnc(-n3cccn3)c2)n1. The number of nitrogens with zero attached hydrogens (tertiary/aromatic N) is 5. The highest BCUT2D eigenvalue weighted by Gasteiger charge is 2.06. The molecule has 0 saturated heterocycles. The minimum absolute atomic E-state index is 0.174. The Morgan fingerprint density at radius 3 is 2.81 bits per heavy atom. The summed E-state index contributed by atoms with van der Waals surface area (Å²) < 4.78 is 1.65. The Balaban J connectivity index is 1.97. The van der Waals surface area contributed by atoms with Crippen molar-refractivity contribution in [3.8, 4) is 17.2 Å². The third-order valence-corrected chi connectivity index (χ3v) is 2.70. The first-order valence-electron chi connectivity index (χ1n) is 6.29. The van der Waals surface area contributed by atoms with Gasteiger partial charge in [0.1, 0.15) is 5.82 Å². The molecule has 21 heavy (non-hydrogen) atoms. The van der Waals surface area contributed by atoms with Gasteiger partial charge < -0.3 is 5.32 Å². The van der Waals surface area contributed by atoms with Crippen LogP contribution >= 0.6 is 0 Å². The second-order valence-corrected chi connectivity index (χ2v) is 4.30. The molecule has 0 fully saturated rings. The molecule has 1 N–H and O–H groups in total. The molecule has 1 amide bonds. The van der Waals surface area contributed by atoms with Gasteiger partial charge in [-0.2, -0.15) is 5.10 Å². The number of pyridine rings is 1. The normalized spacial score (nSPS) is 10.3. The number of nitrogens with one attached hydrogen (secondary N) is 1. The Morgan fingerprint density at radius 1 is 1.19 bits per heavy atom. The number of carbonyl (C=O) groups excluding carboxylic acids is 1. The molecule has 0 saturated carbocycles. The van der Waals surface area contributed by atoms with Gasteiger partial charge in [0.25, 0.3) is 0 Å². The molecule has 0 atom stereocenters. The van der Waals surface area contributed by atoms with Crippen LogP contribution in [-0.2, 0) is 4.79 Å². The summed E-state index contributed by atoms with van der Waals surface area (Å²) in [6.45, 7) is 1.43. The Bertz CT molecular complexity index is 769. The van der Waals surface area contributed by atoms with E-state index in [1.807, 2.05) is 12.1 Å². The van der Waals surface area contributed by atoms with Crippen molar-refractivity contribution >= 4 is 11.7 Å². The van der Waals surface area contributed by atoms with Crippen molar-refractivity contribution in [3.63, 3.8) is 0 Å². The van der Waals surface area contributed by atoms with E-state index in [2.05, 4.69) is 25.4 Å². The van der Waals surface area contributed by atoms with E-state index in [-0.39, 0.29) is 5.91 Å². The predicted molar refractivity (Wildman–Crippen MR) is 76.7 cm³/mol. The van der Waals surface area contributed by atoms with Crippen molar-refractivity contribution in [1.29, 1.82) is 0 Å². The van der Waals surface area contributed by atoms with Gasteiger partial charge in [0, 0.05) is 37.3 Å². The molecule has 3 aromatic heterocycles. The molecule has 3 heterocycles. The van der Waals surface area contributed by atoms with Crippen molar-refractivity contribution in [3.05, 3.63) is 49.1 Å². The summed E-state index contributed by atoms with van der Waals surface area (Å²) in [5.74, 6) is 1.47. The number of hydrogen-bond donors (Lipinski definition) is 1. The van der Waals surface area contributed by atoms with Crippen molar-refractivity contribution in [2.24, 2.45) is 0 Å². The van der Waals surface area contributed by atoms with Crippen molar-refractivity contribution < 1.29 is 4.79 Å². The maximum atomic E-state index is 11.1. The lowest BCUT2D eigenvalue weighted by molar-refractivity contribution is -0.114. The lowest BCUT2D eigenvalue weighted by Crippen LogP contribution is -2.08. The molecule has 0 aromatic carbocycles. The van der Waals surface area contributed by atoms with Gasteiger partial charge in [0.05, 0.1) is 0 Å². The topological polar surface area (TPSA) is 85.6 Å². The largest absolute Gasteiger partial charge is 0.311 e. The van der Waals surface area contributed by atoms with Crippen molar-refractivity contribution in [1.82, 2.24) is 24.7 Å². The van der Waals surface area contributed by atoms with E-state index >= 15 is 0 Å². The van der Waals surface area contributed by atoms with Crippen molar-refractivity contribution in [2.75, 3.05) is 5.32 Å². The quantitative estimate of drug-likeness (QED) is 0.789. The summed E-state index contributed by atoms with van der Waals surface area (Å²) in [7, 11) is 0. The number of amides is 1. The first kappa shape index (κ1) is 12.9. The van der Waals surface area contributed by atoms with Gasteiger partial charge in [-0.15, -0.1) is 0 Å². The average molecular weight is 280 g/mol. The smallest absolute Gasteiger partial charge is 0.222 e. The van der Waals surface area contributed by atoms with Crippen LogP contribution in [0.1, 0.15) is 6.92 Å². The fourth-order valence-electron chi connectivity index (χ4n) is 1.83. The van der Waals surface area contributed by atoms with Crippen LogP contribution in [0.25, 0.3) is 17.2 Å².